The van der Waals surface area contributed by atoms with Crippen LogP contribution in [0.15, 0.2) is 29.1 Å². The number of nitrogen functional groups attached to an aromatic ring is 1. The van der Waals surface area contributed by atoms with Crippen molar-refractivity contribution in [3.63, 3.8) is 0 Å². The molecule has 0 atom stereocenters. The van der Waals surface area contributed by atoms with E-state index in [0.29, 0.717) is 22.0 Å². The van der Waals surface area contributed by atoms with Crippen LogP contribution in [0.1, 0.15) is 16.1 Å². The van der Waals surface area contributed by atoms with Gasteiger partial charge in [0.25, 0.3) is 0 Å². The van der Waals surface area contributed by atoms with Gasteiger partial charge in [0.2, 0.25) is 5.78 Å². The molecule has 2 aromatic rings. The summed E-state index contributed by atoms with van der Waals surface area (Å²) in [5.41, 5.74) is 8.56. The minimum Gasteiger partial charge on any atom is -0.399 e. The predicted molar refractivity (Wildman–Crippen MR) is 61.4 cm³/mol. The number of ketones is 1. The van der Waals surface area contributed by atoms with Crippen LogP contribution < -0.4 is 5.73 Å². The highest BCUT2D eigenvalue weighted by atomic mass is 35.5. The Balaban J connectivity index is 2.42. The molecule has 0 aliphatic rings. The Morgan fingerprint density at radius 1 is 1.40 bits per heavy atom. The van der Waals surface area contributed by atoms with Crippen molar-refractivity contribution in [3.8, 4) is 0 Å². The molecule has 0 aliphatic heterocycles. The van der Waals surface area contributed by atoms with Gasteiger partial charge in [-0.1, -0.05) is 11.6 Å². The summed E-state index contributed by atoms with van der Waals surface area (Å²) in [6.45, 7) is 0. The maximum absolute atomic E-state index is 11.8. The third-order valence-corrected chi connectivity index (χ3v) is 2.65. The van der Waals surface area contributed by atoms with Gasteiger partial charge >= 0.3 is 0 Å². The quantitative estimate of drug-likeness (QED) is 0.646. The number of hydrogen-bond acceptors (Lipinski definition) is 4. The highest BCUT2D eigenvalue weighted by Gasteiger charge is 2.11. The first-order valence-corrected chi connectivity index (χ1v) is 5.48. The van der Waals surface area contributed by atoms with E-state index in [2.05, 4.69) is 4.98 Å². The molecule has 76 valence electrons. The molecule has 2 N–H and O–H groups in total. The lowest BCUT2D eigenvalue weighted by atomic mass is 10.1. The van der Waals surface area contributed by atoms with Crippen LogP contribution in [-0.4, -0.2) is 10.8 Å². The molecule has 1 aromatic heterocycles. The number of halogens is 1. The second-order valence-electron chi connectivity index (χ2n) is 2.98. The summed E-state index contributed by atoms with van der Waals surface area (Å²) in [5, 5.41) is 2.15. The van der Waals surface area contributed by atoms with Gasteiger partial charge in [-0.15, -0.1) is 11.3 Å². The SMILES string of the molecule is Nc1cc(Cl)cc(C(=O)c2cscn2)c1. The van der Waals surface area contributed by atoms with Crippen LogP contribution in [0.4, 0.5) is 5.69 Å². The molecule has 0 bridgehead atoms. The maximum Gasteiger partial charge on any atom is 0.212 e. The molecule has 1 heterocycles. The summed E-state index contributed by atoms with van der Waals surface area (Å²) >= 11 is 7.18. The lowest BCUT2D eigenvalue weighted by molar-refractivity contribution is 0.103. The van der Waals surface area contributed by atoms with Gasteiger partial charge in [0.15, 0.2) is 0 Å². The second-order valence-corrected chi connectivity index (χ2v) is 4.13. The topological polar surface area (TPSA) is 56.0 Å². The van der Waals surface area contributed by atoms with Crippen LogP contribution in [0.3, 0.4) is 0 Å². The van der Waals surface area contributed by atoms with E-state index in [1.54, 1.807) is 29.1 Å². The van der Waals surface area contributed by atoms with Crippen molar-refractivity contribution in [3.05, 3.63) is 45.4 Å². The number of nitrogens with two attached hydrogens (primary N) is 1. The van der Waals surface area contributed by atoms with Gasteiger partial charge in [0.05, 0.1) is 5.51 Å². The van der Waals surface area contributed by atoms with Crippen molar-refractivity contribution in [2.24, 2.45) is 0 Å². The number of nitrogens with zero attached hydrogens (tertiary/aromatic N) is 1. The number of aromatic nitrogens is 1. The van der Waals surface area contributed by atoms with Gasteiger partial charge in [-0.25, -0.2) is 4.98 Å². The molecule has 5 heteroatoms. The Morgan fingerprint density at radius 2 is 2.20 bits per heavy atom. The first kappa shape index (κ1) is 10.1. The summed E-state index contributed by atoms with van der Waals surface area (Å²) in [7, 11) is 0. The van der Waals surface area contributed by atoms with Crippen LogP contribution in [0, 0.1) is 0 Å². The van der Waals surface area contributed by atoms with Crippen molar-refractivity contribution < 1.29 is 4.79 Å². The molecular formula is C10H7ClN2OS. The van der Waals surface area contributed by atoms with Crippen LogP contribution in [-0.2, 0) is 0 Å². The highest BCUT2D eigenvalue weighted by molar-refractivity contribution is 7.07. The Hall–Kier alpha value is -1.39. The van der Waals surface area contributed by atoms with E-state index in [1.165, 1.54) is 11.3 Å². The van der Waals surface area contributed by atoms with Crippen molar-refractivity contribution in [2.45, 2.75) is 0 Å². The molecule has 0 saturated heterocycles. The number of carbonyl (C=O) groups excluding carboxylic acids is 1. The number of anilines is 1. The lowest BCUT2D eigenvalue weighted by Crippen LogP contribution is -2.02. The average molecular weight is 239 g/mol. The van der Waals surface area contributed by atoms with Crippen molar-refractivity contribution >= 4 is 34.4 Å². The van der Waals surface area contributed by atoms with Crippen LogP contribution in [0.2, 0.25) is 5.02 Å². The van der Waals surface area contributed by atoms with E-state index in [-0.39, 0.29) is 5.78 Å². The van der Waals surface area contributed by atoms with E-state index in [9.17, 15) is 4.79 Å². The predicted octanol–water partition coefficient (Wildman–Crippen LogP) is 2.61. The van der Waals surface area contributed by atoms with E-state index < -0.39 is 0 Å². The van der Waals surface area contributed by atoms with E-state index >= 15 is 0 Å². The van der Waals surface area contributed by atoms with Crippen LogP contribution >= 0.6 is 22.9 Å². The minimum atomic E-state index is -0.162. The van der Waals surface area contributed by atoms with Gasteiger partial charge in [0.1, 0.15) is 5.69 Å². The van der Waals surface area contributed by atoms with Crippen molar-refractivity contribution in [2.75, 3.05) is 5.73 Å². The van der Waals surface area contributed by atoms with Gasteiger partial charge in [-0.3, -0.25) is 4.79 Å². The molecule has 3 nitrogen and oxygen atoms in total. The van der Waals surface area contributed by atoms with E-state index in [0.717, 1.165) is 0 Å². The Morgan fingerprint density at radius 3 is 2.80 bits per heavy atom. The molecule has 0 unspecified atom stereocenters. The summed E-state index contributed by atoms with van der Waals surface area (Å²) < 4.78 is 0. The Labute approximate surface area is 95.5 Å². The van der Waals surface area contributed by atoms with Crippen molar-refractivity contribution in [1.29, 1.82) is 0 Å². The number of benzene rings is 1. The number of carbonyl (C=O) groups is 1. The zero-order valence-corrected chi connectivity index (χ0v) is 9.18. The first-order chi connectivity index (χ1) is 7.16. The molecule has 0 amide bonds. The summed E-state index contributed by atoms with van der Waals surface area (Å²) in [4.78, 5) is 15.8. The van der Waals surface area contributed by atoms with Crippen LogP contribution in [0.25, 0.3) is 0 Å². The fourth-order valence-corrected chi connectivity index (χ4v) is 1.99. The van der Waals surface area contributed by atoms with Crippen molar-refractivity contribution in [1.82, 2.24) is 4.98 Å². The molecule has 0 spiro atoms. The summed E-state index contributed by atoms with van der Waals surface area (Å²) in [6, 6.07) is 4.77. The molecule has 15 heavy (non-hydrogen) atoms. The van der Waals surface area contributed by atoms with Gasteiger partial charge in [0, 0.05) is 21.7 Å². The largest absolute Gasteiger partial charge is 0.399 e. The number of thiazole rings is 1. The molecule has 0 saturated carbocycles. The highest BCUT2D eigenvalue weighted by Crippen LogP contribution is 2.19. The van der Waals surface area contributed by atoms with E-state index in [4.69, 9.17) is 17.3 Å². The zero-order valence-electron chi connectivity index (χ0n) is 7.61. The normalized spacial score (nSPS) is 10.2. The fourth-order valence-electron chi connectivity index (χ4n) is 1.22. The summed E-state index contributed by atoms with van der Waals surface area (Å²) in [6.07, 6.45) is 0. The lowest BCUT2D eigenvalue weighted by Gasteiger charge is -2.00. The van der Waals surface area contributed by atoms with Gasteiger partial charge < -0.3 is 5.73 Å². The maximum atomic E-state index is 11.8. The molecular weight excluding hydrogens is 232 g/mol. The first-order valence-electron chi connectivity index (χ1n) is 4.16. The molecule has 1 aromatic carbocycles. The Kier molecular flexibility index (Phi) is 2.70. The van der Waals surface area contributed by atoms with E-state index in [1.807, 2.05) is 0 Å². The number of hydrogen-bond donors (Lipinski definition) is 1. The van der Waals surface area contributed by atoms with Gasteiger partial charge in [-0.05, 0) is 18.2 Å². The fraction of sp³-hybridized carbons (Fsp3) is 0. The molecule has 0 aliphatic carbocycles. The monoisotopic (exact) mass is 238 g/mol. The average Bonchev–Trinajstić information content (AvgIpc) is 2.67. The standard InChI is InChI=1S/C10H7ClN2OS/c11-7-1-6(2-8(12)3-7)10(14)9-4-15-5-13-9/h1-5H,12H2. The van der Waals surface area contributed by atoms with Gasteiger partial charge in [-0.2, -0.15) is 0 Å². The Bertz CT molecular complexity index is 476. The summed E-state index contributed by atoms with van der Waals surface area (Å²) in [5.74, 6) is -0.162. The smallest absolute Gasteiger partial charge is 0.212 e. The molecule has 0 fully saturated rings. The molecule has 2 rings (SSSR count). The second kappa shape index (κ2) is 4.00. The minimum absolute atomic E-state index is 0.162. The third kappa shape index (κ3) is 2.16. The zero-order chi connectivity index (χ0) is 10.8. The third-order valence-electron chi connectivity index (χ3n) is 1.85. The molecule has 0 radical (unpaired) electrons. The van der Waals surface area contributed by atoms with Crippen LogP contribution in [0.5, 0.6) is 0 Å². The number of rotatable bonds is 2.